The fraction of sp³-hybridized carbons (Fsp3) is 0.773. The Morgan fingerprint density at radius 3 is 1.97 bits per heavy atom. The standard InChI is InChI=1S/C22H37NO7S.Na/c1-2-3-4-5-6-7-8-9-10-11-12-13-14-15-16-17-21(25)30-23-20(24)18-19(22(23)26)31(27,28)29;/h9-10,19H,2-8,11-18H2,1H3,(H,27,28,29);/q;+1/b10-9+;. The summed E-state index contributed by atoms with van der Waals surface area (Å²) in [6.45, 7) is 2.23. The van der Waals surface area contributed by atoms with Crippen LogP contribution in [0.15, 0.2) is 12.2 Å². The van der Waals surface area contributed by atoms with Gasteiger partial charge in [0.1, 0.15) is 0 Å². The van der Waals surface area contributed by atoms with E-state index in [1.807, 2.05) is 0 Å². The minimum atomic E-state index is -4.71. The minimum Gasteiger partial charge on any atom is -0.330 e. The van der Waals surface area contributed by atoms with Crippen molar-refractivity contribution in [3.63, 3.8) is 0 Å². The molecule has 0 aromatic carbocycles. The predicted octanol–water partition coefficient (Wildman–Crippen LogP) is 1.50. The molecule has 1 saturated heterocycles. The van der Waals surface area contributed by atoms with Gasteiger partial charge in [0.15, 0.2) is 5.25 Å². The number of allylic oxidation sites excluding steroid dienone is 2. The molecule has 0 spiro atoms. The zero-order valence-electron chi connectivity index (χ0n) is 19.6. The van der Waals surface area contributed by atoms with Gasteiger partial charge in [0, 0.05) is 6.42 Å². The molecule has 1 N–H and O–H groups in total. The van der Waals surface area contributed by atoms with Crippen LogP contribution in [-0.4, -0.2) is 41.1 Å². The van der Waals surface area contributed by atoms with E-state index in [4.69, 9.17) is 9.39 Å². The number of hydrogen-bond donors (Lipinski definition) is 1. The Balaban J connectivity index is 0.00000961. The molecule has 0 aromatic heterocycles. The van der Waals surface area contributed by atoms with Crippen LogP contribution >= 0.6 is 0 Å². The summed E-state index contributed by atoms with van der Waals surface area (Å²) in [6, 6.07) is 0. The van der Waals surface area contributed by atoms with E-state index < -0.39 is 39.6 Å². The average Bonchev–Trinajstić information content (AvgIpc) is 2.99. The molecule has 1 atom stereocenters. The maximum atomic E-state index is 11.8. The third-order valence-electron chi connectivity index (χ3n) is 5.26. The molecule has 1 fully saturated rings. The molecule has 2 amide bonds. The van der Waals surface area contributed by atoms with Crippen LogP contribution in [0.25, 0.3) is 0 Å². The van der Waals surface area contributed by atoms with Gasteiger partial charge in [0.2, 0.25) is 0 Å². The van der Waals surface area contributed by atoms with Gasteiger partial charge in [-0.2, -0.15) is 8.42 Å². The zero-order chi connectivity index (χ0) is 23.1. The molecule has 1 rings (SSSR count). The van der Waals surface area contributed by atoms with Gasteiger partial charge in [0.05, 0.1) is 6.42 Å². The number of carbonyl (C=O) groups excluding carboxylic acids is 3. The number of unbranched alkanes of at least 4 members (excludes halogenated alkanes) is 11. The number of rotatable bonds is 17. The van der Waals surface area contributed by atoms with Crippen molar-refractivity contribution in [1.82, 2.24) is 5.06 Å². The maximum absolute atomic E-state index is 11.8. The second-order valence-corrected chi connectivity index (χ2v) is 9.63. The molecular weight excluding hydrogens is 445 g/mol. The Morgan fingerprint density at radius 2 is 1.47 bits per heavy atom. The molecule has 0 aliphatic carbocycles. The first-order valence-corrected chi connectivity index (χ1v) is 13.0. The summed E-state index contributed by atoms with van der Waals surface area (Å²) >= 11 is 0. The molecule has 0 aromatic rings. The summed E-state index contributed by atoms with van der Waals surface area (Å²) in [5.74, 6) is -2.95. The molecular formula is C22H37NNaO7S+. The first kappa shape index (κ1) is 31.3. The smallest absolute Gasteiger partial charge is 0.330 e. The number of amides is 2. The van der Waals surface area contributed by atoms with Crippen LogP contribution in [0, 0.1) is 0 Å². The summed E-state index contributed by atoms with van der Waals surface area (Å²) in [5, 5.41) is -1.74. The van der Waals surface area contributed by atoms with Crippen LogP contribution in [0.5, 0.6) is 0 Å². The van der Waals surface area contributed by atoms with E-state index in [1.54, 1.807) is 0 Å². The molecule has 32 heavy (non-hydrogen) atoms. The fourth-order valence-corrected chi connectivity index (χ4v) is 4.10. The summed E-state index contributed by atoms with van der Waals surface area (Å²) < 4.78 is 31.1. The third-order valence-corrected chi connectivity index (χ3v) is 6.34. The van der Waals surface area contributed by atoms with Crippen LogP contribution in [0.3, 0.4) is 0 Å². The minimum absolute atomic E-state index is 0. The van der Waals surface area contributed by atoms with Crippen molar-refractivity contribution in [2.75, 3.05) is 0 Å². The molecule has 1 heterocycles. The summed E-state index contributed by atoms with van der Waals surface area (Å²) in [5.41, 5.74) is 0. The van der Waals surface area contributed by atoms with Gasteiger partial charge in [-0.05, 0) is 32.1 Å². The first-order chi connectivity index (χ1) is 14.8. The van der Waals surface area contributed by atoms with E-state index in [-0.39, 0.29) is 41.0 Å². The molecule has 0 saturated carbocycles. The van der Waals surface area contributed by atoms with E-state index in [9.17, 15) is 22.8 Å². The van der Waals surface area contributed by atoms with Crippen molar-refractivity contribution in [2.45, 2.75) is 108 Å². The Hall–Kier alpha value is -0.740. The maximum Gasteiger partial charge on any atom is 1.00 e. The number of nitrogens with zero attached hydrogens (tertiary/aromatic N) is 1. The van der Waals surface area contributed by atoms with Crippen molar-refractivity contribution in [1.29, 1.82) is 0 Å². The first-order valence-electron chi connectivity index (χ1n) is 11.5. The van der Waals surface area contributed by atoms with E-state index in [0.717, 1.165) is 38.5 Å². The Morgan fingerprint density at radius 1 is 0.969 bits per heavy atom. The molecule has 0 radical (unpaired) electrons. The average molecular weight is 483 g/mol. The van der Waals surface area contributed by atoms with Gasteiger partial charge in [-0.3, -0.25) is 14.1 Å². The van der Waals surface area contributed by atoms with Gasteiger partial charge in [0.25, 0.3) is 21.9 Å². The van der Waals surface area contributed by atoms with Crippen LogP contribution < -0.4 is 29.6 Å². The fourth-order valence-electron chi connectivity index (χ4n) is 3.40. The van der Waals surface area contributed by atoms with Gasteiger partial charge < -0.3 is 4.84 Å². The van der Waals surface area contributed by atoms with Crippen molar-refractivity contribution in [2.24, 2.45) is 0 Å². The largest absolute Gasteiger partial charge is 1.00 e. The van der Waals surface area contributed by atoms with Gasteiger partial charge in [-0.1, -0.05) is 70.4 Å². The van der Waals surface area contributed by atoms with E-state index in [0.29, 0.717) is 6.42 Å². The monoisotopic (exact) mass is 482 g/mol. The Labute approximate surface area is 214 Å². The zero-order valence-corrected chi connectivity index (χ0v) is 22.4. The Kier molecular flexibility index (Phi) is 17.3. The predicted molar refractivity (Wildman–Crippen MR) is 117 cm³/mol. The molecule has 8 nitrogen and oxygen atoms in total. The number of hydroxylamine groups is 2. The summed E-state index contributed by atoms with van der Waals surface area (Å²) in [4.78, 5) is 39.9. The van der Waals surface area contributed by atoms with Crippen LogP contribution in [-0.2, 0) is 29.3 Å². The van der Waals surface area contributed by atoms with Crippen molar-refractivity contribution in [3.8, 4) is 0 Å². The van der Waals surface area contributed by atoms with Crippen LogP contribution in [0.2, 0.25) is 0 Å². The number of hydrogen-bond acceptors (Lipinski definition) is 6. The molecule has 0 bridgehead atoms. The van der Waals surface area contributed by atoms with Crippen LogP contribution in [0.4, 0.5) is 0 Å². The van der Waals surface area contributed by atoms with E-state index >= 15 is 0 Å². The van der Waals surface area contributed by atoms with Gasteiger partial charge in [-0.25, -0.2) is 4.79 Å². The molecule has 178 valence electrons. The van der Waals surface area contributed by atoms with E-state index in [2.05, 4.69) is 19.1 Å². The summed E-state index contributed by atoms with van der Waals surface area (Å²) in [6.07, 6.45) is 18.5. The van der Waals surface area contributed by atoms with E-state index in [1.165, 1.54) is 38.5 Å². The van der Waals surface area contributed by atoms with Crippen molar-refractivity contribution < 1.29 is 61.7 Å². The normalized spacial score (nSPS) is 16.6. The third kappa shape index (κ3) is 13.1. The van der Waals surface area contributed by atoms with Crippen molar-refractivity contribution >= 4 is 27.9 Å². The topological polar surface area (TPSA) is 118 Å². The van der Waals surface area contributed by atoms with Gasteiger partial charge in [-0.15, -0.1) is 5.06 Å². The Bertz CT molecular complexity index is 709. The second-order valence-electron chi connectivity index (χ2n) is 8.03. The van der Waals surface area contributed by atoms with Crippen LogP contribution in [0.1, 0.15) is 103 Å². The number of imide groups is 1. The molecule has 1 aliphatic rings. The molecule has 10 heteroatoms. The molecule has 1 unspecified atom stereocenters. The SMILES string of the molecule is CCCCCCCC/C=C/CCCCCCCC(=O)ON1C(=O)CC(S(=O)(=O)O)C1=O.[Na+]. The van der Waals surface area contributed by atoms with Gasteiger partial charge >= 0.3 is 35.5 Å². The summed E-state index contributed by atoms with van der Waals surface area (Å²) in [7, 11) is -4.71. The van der Waals surface area contributed by atoms with Crippen molar-refractivity contribution in [3.05, 3.63) is 12.2 Å². The quantitative estimate of drug-likeness (QED) is 0.110. The molecule has 1 aliphatic heterocycles. The second kappa shape index (κ2) is 17.7. The number of carbonyl (C=O) groups is 3.